The van der Waals surface area contributed by atoms with Gasteiger partial charge in [0, 0.05) is 30.6 Å². The highest BCUT2D eigenvalue weighted by atomic mass is 16.5. The van der Waals surface area contributed by atoms with E-state index >= 15 is 0 Å². The fourth-order valence-electron chi connectivity index (χ4n) is 1.53. The van der Waals surface area contributed by atoms with Gasteiger partial charge >= 0.3 is 0 Å². The Kier molecular flexibility index (Phi) is 6.08. The lowest BCUT2D eigenvalue weighted by Gasteiger charge is -2.10. The average Bonchev–Trinajstić information content (AvgIpc) is 2.37. The van der Waals surface area contributed by atoms with Crippen molar-refractivity contribution >= 4 is 11.8 Å². The van der Waals surface area contributed by atoms with Gasteiger partial charge in [-0.1, -0.05) is 6.08 Å². The summed E-state index contributed by atoms with van der Waals surface area (Å²) < 4.78 is 5.54. The summed E-state index contributed by atoms with van der Waals surface area (Å²) >= 11 is 0. The minimum Gasteiger partial charge on any atom is -0.478 e. The Hall–Kier alpha value is -1.68. The first kappa shape index (κ1) is 14.4. The Labute approximate surface area is 109 Å². The summed E-state index contributed by atoms with van der Waals surface area (Å²) in [6.45, 7) is 3.59. The molecule has 1 rings (SSSR count). The number of rotatable bonds is 7. The van der Waals surface area contributed by atoms with Crippen molar-refractivity contribution < 1.29 is 4.74 Å². The molecule has 4 heteroatoms. The van der Waals surface area contributed by atoms with Crippen molar-refractivity contribution in [3.63, 3.8) is 0 Å². The van der Waals surface area contributed by atoms with Gasteiger partial charge in [-0.25, -0.2) is 4.98 Å². The number of pyridine rings is 1. The Balaban J connectivity index is 2.48. The highest BCUT2D eigenvalue weighted by molar-refractivity contribution is 6.07. The van der Waals surface area contributed by atoms with Crippen LogP contribution in [0, 0.1) is 5.41 Å². The van der Waals surface area contributed by atoms with Crippen LogP contribution in [-0.4, -0.2) is 43.3 Å². The molecule has 0 fully saturated rings. The Morgan fingerprint density at radius 3 is 2.72 bits per heavy atom. The van der Waals surface area contributed by atoms with Gasteiger partial charge < -0.3 is 15.0 Å². The average molecular weight is 247 g/mol. The quantitative estimate of drug-likeness (QED) is 0.595. The third-order valence-corrected chi connectivity index (χ3v) is 2.54. The first-order chi connectivity index (χ1) is 8.67. The number of hydrogen-bond acceptors (Lipinski definition) is 4. The van der Waals surface area contributed by atoms with E-state index in [0.29, 0.717) is 12.5 Å². The van der Waals surface area contributed by atoms with Crippen molar-refractivity contribution in [2.45, 2.75) is 13.3 Å². The standard InChI is InChI=1S/C14H21N3O/c1-4-12(10-15)13-6-7-14(16-11-13)18-9-5-8-17(2)3/h4,6-7,10-11,15H,5,8-9H2,1-3H3/b12-4+,15-10?. The third kappa shape index (κ3) is 4.67. The molecule has 1 aromatic rings. The molecule has 0 amide bonds. The number of hydrogen-bond donors (Lipinski definition) is 1. The summed E-state index contributed by atoms with van der Waals surface area (Å²) in [5.41, 5.74) is 1.80. The molecule has 4 nitrogen and oxygen atoms in total. The second kappa shape index (κ2) is 7.61. The van der Waals surface area contributed by atoms with E-state index in [2.05, 4.69) is 9.88 Å². The monoisotopic (exact) mass is 247 g/mol. The molecular weight excluding hydrogens is 226 g/mol. The van der Waals surface area contributed by atoms with Gasteiger partial charge in [0.15, 0.2) is 0 Å². The second-order valence-corrected chi connectivity index (χ2v) is 4.28. The molecule has 0 atom stereocenters. The van der Waals surface area contributed by atoms with Crippen LogP contribution in [0.2, 0.25) is 0 Å². The number of aromatic nitrogens is 1. The number of nitrogens with zero attached hydrogens (tertiary/aromatic N) is 2. The molecule has 0 aliphatic rings. The van der Waals surface area contributed by atoms with E-state index in [9.17, 15) is 0 Å². The van der Waals surface area contributed by atoms with E-state index in [4.69, 9.17) is 10.1 Å². The minimum atomic E-state index is 0.637. The molecule has 0 aliphatic heterocycles. The van der Waals surface area contributed by atoms with Crippen molar-refractivity contribution in [3.8, 4) is 5.88 Å². The zero-order valence-electron chi connectivity index (χ0n) is 11.3. The smallest absolute Gasteiger partial charge is 0.213 e. The van der Waals surface area contributed by atoms with E-state index in [1.807, 2.05) is 39.2 Å². The van der Waals surface area contributed by atoms with E-state index in [1.165, 1.54) is 6.21 Å². The highest BCUT2D eigenvalue weighted by Gasteiger charge is 2.00. The van der Waals surface area contributed by atoms with Crippen molar-refractivity contribution in [2.75, 3.05) is 27.2 Å². The van der Waals surface area contributed by atoms with Gasteiger partial charge in [0.2, 0.25) is 5.88 Å². The zero-order valence-corrected chi connectivity index (χ0v) is 11.3. The third-order valence-electron chi connectivity index (χ3n) is 2.54. The zero-order chi connectivity index (χ0) is 13.4. The van der Waals surface area contributed by atoms with Crippen molar-refractivity contribution in [3.05, 3.63) is 30.0 Å². The van der Waals surface area contributed by atoms with Crippen LogP contribution in [0.15, 0.2) is 24.4 Å². The molecule has 98 valence electrons. The van der Waals surface area contributed by atoms with Gasteiger partial charge in [-0.15, -0.1) is 0 Å². The number of ether oxygens (including phenoxy) is 1. The van der Waals surface area contributed by atoms with Crippen LogP contribution in [0.5, 0.6) is 5.88 Å². The molecule has 0 bridgehead atoms. The summed E-state index contributed by atoms with van der Waals surface area (Å²) in [6, 6.07) is 3.77. The van der Waals surface area contributed by atoms with Crippen molar-refractivity contribution in [2.24, 2.45) is 0 Å². The topological polar surface area (TPSA) is 49.2 Å². The van der Waals surface area contributed by atoms with Gasteiger partial charge in [0.05, 0.1) is 6.61 Å². The maximum atomic E-state index is 7.27. The minimum absolute atomic E-state index is 0.637. The molecule has 0 aliphatic carbocycles. The SMILES string of the molecule is C/C=C(\C=N)c1ccc(OCCCN(C)C)nc1. The lowest BCUT2D eigenvalue weighted by Crippen LogP contribution is -2.15. The van der Waals surface area contributed by atoms with Gasteiger partial charge in [-0.05, 0) is 39.1 Å². The molecule has 0 unspecified atom stereocenters. The van der Waals surface area contributed by atoms with Gasteiger partial charge in [-0.2, -0.15) is 0 Å². The first-order valence-corrected chi connectivity index (χ1v) is 6.08. The van der Waals surface area contributed by atoms with Crippen LogP contribution in [-0.2, 0) is 0 Å². The first-order valence-electron chi connectivity index (χ1n) is 6.08. The Morgan fingerprint density at radius 1 is 1.44 bits per heavy atom. The molecule has 18 heavy (non-hydrogen) atoms. The maximum Gasteiger partial charge on any atom is 0.213 e. The van der Waals surface area contributed by atoms with Crippen LogP contribution in [0.25, 0.3) is 5.57 Å². The van der Waals surface area contributed by atoms with Crippen LogP contribution in [0.1, 0.15) is 18.9 Å². The van der Waals surface area contributed by atoms with Crippen LogP contribution in [0.4, 0.5) is 0 Å². The molecule has 1 heterocycles. The molecular formula is C14H21N3O. The summed E-state index contributed by atoms with van der Waals surface area (Å²) in [6.07, 6.45) is 5.94. The van der Waals surface area contributed by atoms with Crippen LogP contribution in [0.3, 0.4) is 0 Å². The van der Waals surface area contributed by atoms with E-state index in [1.54, 1.807) is 6.20 Å². The predicted molar refractivity (Wildman–Crippen MR) is 75.3 cm³/mol. The highest BCUT2D eigenvalue weighted by Crippen LogP contribution is 2.14. The number of nitrogens with one attached hydrogen (secondary N) is 1. The summed E-state index contributed by atoms with van der Waals surface area (Å²) in [5.74, 6) is 0.637. The number of allylic oxidation sites excluding steroid dienone is 2. The fraction of sp³-hybridized carbons (Fsp3) is 0.429. The van der Waals surface area contributed by atoms with E-state index in [0.717, 1.165) is 24.1 Å². The molecule has 1 N–H and O–H groups in total. The van der Waals surface area contributed by atoms with Crippen LogP contribution < -0.4 is 4.74 Å². The fourth-order valence-corrected chi connectivity index (χ4v) is 1.53. The second-order valence-electron chi connectivity index (χ2n) is 4.28. The molecule has 1 aromatic heterocycles. The van der Waals surface area contributed by atoms with Gasteiger partial charge in [0.1, 0.15) is 0 Å². The lowest BCUT2D eigenvalue weighted by molar-refractivity contribution is 0.273. The van der Waals surface area contributed by atoms with E-state index < -0.39 is 0 Å². The molecule has 0 spiro atoms. The Bertz CT molecular complexity index is 396. The van der Waals surface area contributed by atoms with Crippen molar-refractivity contribution in [1.82, 2.24) is 9.88 Å². The predicted octanol–water partition coefficient (Wildman–Crippen LogP) is 2.46. The van der Waals surface area contributed by atoms with E-state index in [-0.39, 0.29) is 0 Å². The molecule has 0 radical (unpaired) electrons. The largest absolute Gasteiger partial charge is 0.478 e. The van der Waals surface area contributed by atoms with Gasteiger partial charge in [-0.3, -0.25) is 0 Å². The summed E-state index contributed by atoms with van der Waals surface area (Å²) in [5, 5.41) is 7.27. The molecule has 0 aromatic carbocycles. The lowest BCUT2D eigenvalue weighted by atomic mass is 10.1. The van der Waals surface area contributed by atoms with Crippen molar-refractivity contribution in [1.29, 1.82) is 5.41 Å². The summed E-state index contributed by atoms with van der Waals surface area (Å²) in [7, 11) is 4.09. The normalized spacial score (nSPS) is 11.7. The van der Waals surface area contributed by atoms with Crippen LogP contribution >= 0.6 is 0 Å². The maximum absolute atomic E-state index is 7.27. The molecule has 0 saturated heterocycles. The van der Waals surface area contributed by atoms with Gasteiger partial charge in [0.25, 0.3) is 0 Å². The molecule has 0 saturated carbocycles. The Morgan fingerprint density at radius 2 is 2.22 bits per heavy atom. The summed E-state index contributed by atoms with van der Waals surface area (Å²) in [4.78, 5) is 6.36.